The van der Waals surface area contributed by atoms with E-state index in [-0.39, 0.29) is 0 Å². The smallest absolute Gasteiger partial charge is 0.170 e. The first-order valence-corrected chi connectivity index (χ1v) is 8.50. The number of nitrogens with one attached hydrogen (secondary N) is 3. The first kappa shape index (κ1) is 16.3. The normalized spacial score (nSPS) is 10.5. The molecule has 1 aromatic heterocycles. The molecule has 0 saturated heterocycles. The fourth-order valence-electron chi connectivity index (χ4n) is 2.63. The highest BCUT2D eigenvalue weighted by Gasteiger charge is 2.03. The summed E-state index contributed by atoms with van der Waals surface area (Å²) >= 11 is 5.35. The second-order valence-electron chi connectivity index (χ2n) is 5.45. The summed E-state index contributed by atoms with van der Waals surface area (Å²) in [4.78, 5) is 3.29. The van der Waals surface area contributed by atoms with Gasteiger partial charge in [-0.05, 0) is 61.5 Å². The average Bonchev–Trinajstić information content (AvgIpc) is 3.00. The first-order chi connectivity index (χ1) is 11.8. The molecule has 0 aliphatic heterocycles. The molecule has 0 saturated carbocycles. The van der Waals surface area contributed by atoms with Crippen molar-refractivity contribution in [2.45, 2.75) is 13.3 Å². The van der Waals surface area contributed by atoms with Crippen LogP contribution >= 0.6 is 12.2 Å². The van der Waals surface area contributed by atoms with E-state index in [0.717, 1.165) is 24.4 Å². The second-order valence-corrected chi connectivity index (χ2v) is 5.86. The molecule has 0 spiro atoms. The van der Waals surface area contributed by atoms with Crippen LogP contribution in [0.4, 0.5) is 5.69 Å². The monoisotopic (exact) mass is 339 g/mol. The number of H-pyrrole nitrogens is 1. The minimum atomic E-state index is 0.624. The molecule has 0 fully saturated rings. The van der Waals surface area contributed by atoms with E-state index in [1.54, 1.807) is 0 Å². The van der Waals surface area contributed by atoms with Crippen LogP contribution in [0.2, 0.25) is 0 Å². The summed E-state index contributed by atoms with van der Waals surface area (Å²) in [5.74, 6) is 0.862. The number of hydrogen-bond donors (Lipinski definition) is 3. The number of thiocarbonyl (C=S) groups is 1. The Labute approximate surface area is 147 Å². The molecule has 5 heteroatoms. The van der Waals surface area contributed by atoms with Crippen molar-refractivity contribution in [1.29, 1.82) is 0 Å². The molecule has 0 bridgehead atoms. The Morgan fingerprint density at radius 2 is 1.92 bits per heavy atom. The highest BCUT2D eigenvalue weighted by molar-refractivity contribution is 7.80. The molecule has 4 nitrogen and oxygen atoms in total. The first-order valence-electron chi connectivity index (χ1n) is 8.09. The van der Waals surface area contributed by atoms with Crippen LogP contribution in [0.3, 0.4) is 0 Å². The number of aromatic nitrogens is 1. The summed E-state index contributed by atoms with van der Waals surface area (Å²) < 4.78 is 5.43. The third kappa shape index (κ3) is 4.06. The zero-order valence-corrected chi connectivity index (χ0v) is 14.5. The zero-order valence-electron chi connectivity index (χ0n) is 13.6. The van der Waals surface area contributed by atoms with Crippen molar-refractivity contribution < 1.29 is 4.74 Å². The highest BCUT2D eigenvalue weighted by Crippen LogP contribution is 2.18. The number of hydrogen-bond acceptors (Lipinski definition) is 2. The van der Waals surface area contributed by atoms with Crippen molar-refractivity contribution in [1.82, 2.24) is 10.3 Å². The van der Waals surface area contributed by atoms with Crippen molar-refractivity contribution in [3.05, 3.63) is 60.3 Å². The summed E-state index contributed by atoms with van der Waals surface area (Å²) in [6.45, 7) is 3.42. The van der Waals surface area contributed by atoms with Gasteiger partial charge in [0.2, 0.25) is 0 Å². The lowest BCUT2D eigenvalue weighted by molar-refractivity contribution is 0.340. The van der Waals surface area contributed by atoms with Crippen LogP contribution < -0.4 is 15.4 Å². The largest absolute Gasteiger partial charge is 0.494 e. The number of rotatable bonds is 6. The van der Waals surface area contributed by atoms with Crippen molar-refractivity contribution in [3.63, 3.8) is 0 Å². The molecular formula is C19H21N3OS. The molecule has 2 aromatic carbocycles. The van der Waals surface area contributed by atoms with Crippen LogP contribution in [0.1, 0.15) is 12.5 Å². The summed E-state index contributed by atoms with van der Waals surface area (Å²) in [6.07, 6.45) is 2.98. The van der Waals surface area contributed by atoms with Crippen molar-refractivity contribution in [2.75, 3.05) is 18.5 Å². The zero-order chi connectivity index (χ0) is 16.8. The molecule has 0 atom stereocenters. The van der Waals surface area contributed by atoms with E-state index in [2.05, 4.69) is 40.0 Å². The number of benzene rings is 2. The SMILES string of the molecule is CCOc1ccc(NC(=S)NCCc2c[nH]c3ccccc23)cc1. The fraction of sp³-hybridized carbons (Fsp3) is 0.211. The molecule has 3 N–H and O–H groups in total. The lowest BCUT2D eigenvalue weighted by Crippen LogP contribution is -2.30. The maximum atomic E-state index is 5.43. The van der Waals surface area contributed by atoms with Gasteiger partial charge in [-0.25, -0.2) is 0 Å². The molecule has 0 unspecified atom stereocenters. The Balaban J connectivity index is 1.49. The van der Waals surface area contributed by atoms with Gasteiger partial charge in [0.25, 0.3) is 0 Å². The van der Waals surface area contributed by atoms with E-state index in [1.165, 1.54) is 16.5 Å². The number of aromatic amines is 1. The number of anilines is 1. The molecule has 0 amide bonds. The predicted molar refractivity (Wildman–Crippen MR) is 104 cm³/mol. The summed E-state index contributed by atoms with van der Waals surface area (Å²) in [6, 6.07) is 16.1. The van der Waals surface area contributed by atoms with E-state index < -0.39 is 0 Å². The topological polar surface area (TPSA) is 49.1 Å². The van der Waals surface area contributed by atoms with E-state index in [1.807, 2.05) is 37.3 Å². The summed E-state index contributed by atoms with van der Waals surface area (Å²) in [5, 5.41) is 8.33. The molecule has 3 rings (SSSR count). The minimum absolute atomic E-state index is 0.624. The van der Waals surface area contributed by atoms with Crippen molar-refractivity contribution in [2.24, 2.45) is 0 Å². The summed E-state index contributed by atoms with van der Waals surface area (Å²) in [5.41, 5.74) is 3.41. The predicted octanol–water partition coefficient (Wildman–Crippen LogP) is 4.10. The Kier molecular flexibility index (Phi) is 5.33. The number of para-hydroxylation sites is 1. The summed E-state index contributed by atoms with van der Waals surface area (Å²) in [7, 11) is 0. The van der Waals surface area contributed by atoms with Gasteiger partial charge in [-0.2, -0.15) is 0 Å². The van der Waals surface area contributed by atoms with Gasteiger partial charge in [0, 0.05) is 29.3 Å². The van der Waals surface area contributed by atoms with Gasteiger partial charge in [-0.1, -0.05) is 18.2 Å². The third-order valence-electron chi connectivity index (χ3n) is 3.78. The molecule has 1 heterocycles. The molecule has 3 aromatic rings. The maximum Gasteiger partial charge on any atom is 0.170 e. The van der Waals surface area contributed by atoms with Gasteiger partial charge < -0.3 is 20.4 Å². The maximum absolute atomic E-state index is 5.43. The van der Waals surface area contributed by atoms with E-state index in [9.17, 15) is 0 Å². The van der Waals surface area contributed by atoms with E-state index in [0.29, 0.717) is 11.7 Å². The Morgan fingerprint density at radius 3 is 2.71 bits per heavy atom. The highest BCUT2D eigenvalue weighted by atomic mass is 32.1. The van der Waals surface area contributed by atoms with Gasteiger partial charge in [0.15, 0.2) is 5.11 Å². The molecular weight excluding hydrogens is 318 g/mol. The lowest BCUT2D eigenvalue weighted by atomic mass is 10.1. The van der Waals surface area contributed by atoms with Crippen LogP contribution in [0.5, 0.6) is 5.75 Å². The van der Waals surface area contributed by atoms with Gasteiger partial charge in [0.1, 0.15) is 5.75 Å². The van der Waals surface area contributed by atoms with Crippen LogP contribution in [-0.4, -0.2) is 23.2 Å². The van der Waals surface area contributed by atoms with Crippen LogP contribution in [0, 0.1) is 0 Å². The lowest BCUT2D eigenvalue weighted by Gasteiger charge is -2.11. The second kappa shape index (κ2) is 7.84. The minimum Gasteiger partial charge on any atom is -0.494 e. The number of fused-ring (bicyclic) bond motifs is 1. The Hall–Kier alpha value is -2.53. The Morgan fingerprint density at radius 1 is 1.12 bits per heavy atom. The fourth-order valence-corrected chi connectivity index (χ4v) is 2.85. The molecule has 0 aliphatic carbocycles. The Bertz CT molecular complexity index is 811. The molecule has 24 heavy (non-hydrogen) atoms. The van der Waals surface area contributed by atoms with Crippen LogP contribution in [-0.2, 0) is 6.42 Å². The molecule has 0 aliphatic rings. The average molecular weight is 339 g/mol. The third-order valence-corrected chi connectivity index (χ3v) is 4.02. The van der Waals surface area contributed by atoms with E-state index >= 15 is 0 Å². The van der Waals surface area contributed by atoms with Gasteiger partial charge in [0.05, 0.1) is 6.61 Å². The number of ether oxygens (including phenoxy) is 1. The molecule has 124 valence electrons. The molecule has 0 radical (unpaired) electrons. The van der Waals surface area contributed by atoms with Crippen LogP contribution in [0.25, 0.3) is 10.9 Å². The van der Waals surface area contributed by atoms with E-state index in [4.69, 9.17) is 17.0 Å². The van der Waals surface area contributed by atoms with Gasteiger partial charge >= 0.3 is 0 Å². The van der Waals surface area contributed by atoms with Gasteiger partial charge in [-0.3, -0.25) is 0 Å². The quantitative estimate of drug-likeness (QED) is 0.592. The van der Waals surface area contributed by atoms with Gasteiger partial charge in [-0.15, -0.1) is 0 Å². The van der Waals surface area contributed by atoms with Crippen molar-refractivity contribution in [3.8, 4) is 5.75 Å². The van der Waals surface area contributed by atoms with Crippen molar-refractivity contribution >= 4 is 33.9 Å². The standard InChI is InChI=1S/C19H21N3OS/c1-2-23-16-9-7-15(8-10-16)22-19(24)20-12-11-14-13-21-18-6-4-3-5-17(14)18/h3-10,13,21H,2,11-12H2,1H3,(H2,20,22,24). The van der Waals surface area contributed by atoms with Crippen LogP contribution in [0.15, 0.2) is 54.7 Å².